The lowest BCUT2D eigenvalue weighted by Crippen LogP contribution is -2.14. The Morgan fingerprint density at radius 3 is 3.06 bits per heavy atom. The zero-order chi connectivity index (χ0) is 12.0. The van der Waals surface area contributed by atoms with Crippen molar-refractivity contribution in [2.45, 2.75) is 31.4 Å². The fourth-order valence-electron chi connectivity index (χ4n) is 2.81. The number of carbonyl (C=O) groups is 2. The second-order valence-corrected chi connectivity index (χ2v) is 4.54. The Morgan fingerprint density at radius 2 is 2.29 bits per heavy atom. The monoisotopic (exact) mass is 231 g/mol. The molecule has 1 saturated heterocycles. The van der Waals surface area contributed by atoms with Crippen LogP contribution in [0.3, 0.4) is 0 Å². The molecule has 4 nitrogen and oxygen atoms in total. The Labute approximate surface area is 98.9 Å². The van der Waals surface area contributed by atoms with Gasteiger partial charge in [-0.2, -0.15) is 0 Å². The molecule has 4 heteroatoms. The molecule has 88 valence electrons. The van der Waals surface area contributed by atoms with Gasteiger partial charge in [-0.15, -0.1) is 0 Å². The maximum atomic E-state index is 11.5. The first-order valence-electron chi connectivity index (χ1n) is 5.76. The van der Waals surface area contributed by atoms with Crippen LogP contribution < -0.4 is 0 Å². The number of nitrogens with zero attached hydrogens (tertiary/aromatic N) is 1. The van der Waals surface area contributed by atoms with Gasteiger partial charge >= 0.3 is 5.97 Å². The van der Waals surface area contributed by atoms with E-state index in [2.05, 4.69) is 6.58 Å². The minimum atomic E-state index is -0.303. The van der Waals surface area contributed by atoms with Crippen molar-refractivity contribution in [2.75, 3.05) is 0 Å². The van der Waals surface area contributed by atoms with Crippen LogP contribution >= 0.6 is 0 Å². The van der Waals surface area contributed by atoms with Gasteiger partial charge in [-0.25, -0.2) is 4.79 Å². The molecule has 1 aromatic heterocycles. The molecule has 1 aromatic rings. The zero-order valence-electron chi connectivity index (χ0n) is 9.39. The highest BCUT2D eigenvalue weighted by Crippen LogP contribution is 2.40. The SMILES string of the molecule is C=C1C(=O)O[C@@H]2CCCn3c(C=O)ccc3[C@@H]12. The topological polar surface area (TPSA) is 48.3 Å². The van der Waals surface area contributed by atoms with Gasteiger partial charge in [0.15, 0.2) is 6.29 Å². The van der Waals surface area contributed by atoms with Crippen LogP contribution in [0.5, 0.6) is 0 Å². The zero-order valence-corrected chi connectivity index (χ0v) is 9.39. The van der Waals surface area contributed by atoms with Crippen molar-refractivity contribution in [1.82, 2.24) is 4.57 Å². The summed E-state index contributed by atoms with van der Waals surface area (Å²) in [4.78, 5) is 22.5. The van der Waals surface area contributed by atoms with Crippen LogP contribution in [0.15, 0.2) is 24.3 Å². The standard InChI is InChI=1S/C13H13NO3/c1-8-12-10-5-4-9(7-15)14(10)6-2-3-11(12)17-13(8)16/h4-5,7,11-12H,1-3,6H2/t11-,12-/m1/s1. The molecular formula is C13H13NO3. The number of fused-ring (bicyclic) bond motifs is 3. The predicted octanol–water partition coefficient (Wildman–Crippen LogP) is 1.66. The van der Waals surface area contributed by atoms with Gasteiger partial charge in [0.05, 0.1) is 11.6 Å². The summed E-state index contributed by atoms with van der Waals surface area (Å²) in [6.07, 6.45) is 2.48. The van der Waals surface area contributed by atoms with E-state index in [4.69, 9.17) is 4.74 Å². The van der Waals surface area contributed by atoms with E-state index in [9.17, 15) is 9.59 Å². The number of hydrogen-bond donors (Lipinski definition) is 0. The van der Waals surface area contributed by atoms with Gasteiger partial charge in [-0.1, -0.05) is 6.58 Å². The molecule has 17 heavy (non-hydrogen) atoms. The molecule has 2 atom stereocenters. The van der Waals surface area contributed by atoms with E-state index >= 15 is 0 Å². The van der Waals surface area contributed by atoms with Gasteiger partial charge in [-0.05, 0) is 25.0 Å². The van der Waals surface area contributed by atoms with E-state index in [1.54, 1.807) is 6.07 Å². The second kappa shape index (κ2) is 3.58. The molecular weight excluding hydrogens is 218 g/mol. The predicted molar refractivity (Wildman–Crippen MR) is 60.8 cm³/mol. The largest absolute Gasteiger partial charge is 0.458 e. The van der Waals surface area contributed by atoms with Crippen molar-refractivity contribution < 1.29 is 14.3 Å². The molecule has 0 radical (unpaired) electrons. The summed E-state index contributed by atoms with van der Waals surface area (Å²) in [7, 11) is 0. The summed E-state index contributed by atoms with van der Waals surface area (Å²) < 4.78 is 7.29. The van der Waals surface area contributed by atoms with Crippen molar-refractivity contribution in [1.29, 1.82) is 0 Å². The molecule has 0 N–H and O–H groups in total. The van der Waals surface area contributed by atoms with E-state index in [0.717, 1.165) is 31.4 Å². The molecule has 0 unspecified atom stereocenters. The van der Waals surface area contributed by atoms with Crippen LogP contribution in [0.4, 0.5) is 0 Å². The number of esters is 1. The van der Waals surface area contributed by atoms with Gasteiger partial charge in [-0.3, -0.25) is 4.79 Å². The minimum absolute atomic E-state index is 0.0845. The normalized spacial score (nSPS) is 27.1. The third-order valence-electron chi connectivity index (χ3n) is 3.63. The summed E-state index contributed by atoms with van der Waals surface area (Å²) in [5.41, 5.74) is 2.15. The van der Waals surface area contributed by atoms with E-state index < -0.39 is 0 Å². The van der Waals surface area contributed by atoms with Crippen molar-refractivity contribution in [2.24, 2.45) is 0 Å². The van der Waals surface area contributed by atoms with E-state index in [1.165, 1.54) is 0 Å². The highest BCUT2D eigenvalue weighted by Gasteiger charge is 2.42. The van der Waals surface area contributed by atoms with E-state index in [-0.39, 0.29) is 18.0 Å². The fraction of sp³-hybridized carbons (Fsp3) is 0.385. The van der Waals surface area contributed by atoms with Crippen LogP contribution in [0.2, 0.25) is 0 Å². The fourth-order valence-corrected chi connectivity index (χ4v) is 2.81. The highest BCUT2D eigenvalue weighted by atomic mass is 16.6. The first-order chi connectivity index (χ1) is 8.22. The lowest BCUT2D eigenvalue weighted by Gasteiger charge is -2.14. The summed E-state index contributed by atoms with van der Waals surface area (Å²) >= 11 is 0. The molecule has 0 amide bonds. The van der Waals surface area contributed by atoms with Crippen molar-refractivity contribution in [3.8, 4) is 0 Å². The van der Waals surface area contributed by atoms with Crippen LogP contribution in [0.1, 0.15) is 34.9 Å². The lowest BCUT2D eigenvalue weighted by atomic mass is 9.92. The Bertz CT molecular complexity index is 515. The molecule has 0 saturated carbocycles. The quantitative estimate of drug-likeness (QED) is 0.419. The Hall–Kier alpha value is -1.84. The average Bonchev–Trinajstić information content (AvgIpc) is 2.77. The molecule has 0 spiro atoms. The van der Waals surface area contributed by atoms with Crippen molar-refractivity contribution in [3.05, 3.63) is 35.7 Å². The van der Waals surface area contributed by atoms with Gasteiger partial charge in [0.2, 0.25) is 0 Å². The van der Waals surface area contributed by atoms with Gasteiger partial charge in [0.1, 0.15) is 6.10 Å². The smallest absolute Gasteiger partial charge is 0.334 e. The average molecular weight is 231 g/mol. The van der Waals surface area contributed by atoms with Crippen molar-refractivity contribution >= 4 is 12.3 Å². The Morgan fingerprint density at radius 1 is 1.47 bits per heavy atom. The van der Waals surface area contributed by atoms with Gasteiger partial charge < -0.3 is 9.30 Å². The van der Waals surface area contributed by atoms with Crippen LogP contribution in [0, 0.1) is 0 Å². The third-order valence-corrected chi connectivity index (χ3v) is 3.63. The Kier molecular flexibility index (Phi) is 2.18. The number of aldehydes is 1. The molecule has 0 bridgehead atoms. The first-order valence-corrected chi connectivity index (χ1v) is 5.76. The number of carbonyl (C=O) groups excluding carboxylic acids is 2. The molecule has 2 aliphatic rings. The number of aromatic nitrogens is 1. The highest BCUT2D eigenvalue weighted by molar-refractivity contribution is 5.92. The van der Waals surface area contributed by atoms with E-state index in [1.807, 2.05) is 10.6 Å². The number of rotatable bonds is 1. The van der Waals surface area contributed by atoms with Crippen molar-refractivity contribution in [3.63, 3.8) is 0 Å². The molecule has 2 aliphatic heterocycles. The third kappa shape index (κ3) is 1.37. The van der Waals surface area contributed by atoms with E-state index in [0.29, 0.717) is 11.3 Å². The molecule has 1 fully saturated rings. The minimum Gasteiger partial charge on any atom is -0.458 e. The summed E-state index contributed by atoms with van der Waals surface area (Å²) in [5, 5.41) is 0. The summed E-state index contributed by atoms with van der Waals surface area (Å²) in [5.74, 6) is -0.388. The molecule has 0 aromatic carbocycles. The maximum Gasteiger partial charge on any atom is 0.334 e. The summed E-state index contributed by atoms with van der Waals surface area (Å²) in [6, 6.07) is 3.70. The van der Waals surface area contributed by atoms with Crippen LogP contribution in [-0.2, 0) is 16.1 Å². The van der Waals surface area contributed by atoms with Crippen LogP contribution in [-0.4, -0.2) is 22.9 Å². The molecule has 3 rings (SSSR count). The van der Waals surface area contributed by atoms with Gasteiger partial charge in [0.25, 0.3) is 0 Å². The second-order valence-electron chi connectivity index (χ2n) is 4.54. The lowest BCUT2D eigenvalue weighted by molar-refractivity contribution is -0.139. The molecule has 3 heterocycles. The summed E-state index contributed by atoms with van der Waals surface area (Å²) in [6.45, 7) is 4.62. The Balaban J connectivity index is 2.12. The van der Waals surface area contributed by atoms with Crippen LogP contribution in [0.25, 0.3) is 0 Å². The maximum absolute atomic E-state index is 11.5. The molecule has 0 aliphatic carbocycles. The van der Waals surface area contributed by atoms with Gasteiger partial charge in [0, 0.05) is 17.8 Å². The first kappa shape index (κ1) is 10.3. The number of hydrogen-bond acceptors (Lipinski definition) is 3. The number of ether oxygens (including phenoxy) is 1.